The largest absolute Gasteiger partial charge is 0.481 e. The lowest BCUT2D eigenvalue weighted by atomic mass is 10.2. The third-order valence-electron chi connectivity index (χ3n) is 3.98. The Morgan fingerprint density at radius 3 is 1.14 bits per heavy atom. The molecule has 0 rings (SSSR count). The number of rotatable bonds is 27. The molecule has 2 N–H and O–H groups in total. The van der Waals surface area contributed by atoms with E-state index in [1.165, 1.54) is 0 Å². The van der Waals surface area contributed by atoms with Gasteiger partial charge in [-0.1, -0.05) is 0 Å². The van der Waals surface area contributed by atoms with Crippen LogP contribution in [-0.2, 0) is 47.4 Å². The Morgan fingerprint density at radius 1 is 0.541 bits per heavy atom. The second-order valence-corrected chi connectivity index (χ2v) is 8.47. The van der Waals surface area contributed by atoms with Gasteiger partial charge in [-0.15, -0.1) is 0 Å². The molecule has 0 aliphatic carbocycles. The summed E-state index contributed by atoms with van der Waals surface area (Å²) >= 11 is 0. The van der Waals surface area contributed by atoms with E-state index in [0.29, 0.717) is 106 Å². The summed E-state index contributed by atoms with van der Waals surface area (Å²) in [5.74, 6) is -0.876. The van der Waals surface area contributed by atoms with Gasteiger partial charge in [-0.25, -0.2) is 4.79 Å². The van der Waals surface area contributed by atoms with Crippen molar-refractivity contribution in [3.05, 3.63) is 0 Å². The third-order valence-corrected chi connectivity index (χ3v) is 3.98. The van der Waals surface area contributed by atoms with Crippen LogP contribution < -0.4 is 5.32 Å². The molecular weight excluding hydrogens is 494 g/mol. The second-order valence-electron chi connectivity index (χ2n) is 8.47. The summed E-state index contributed by atoms with van der Waals surface area (Å²) in [7, 11) is 0. The highest BCUT2D eigenvalue weighted by Crippen LogP contribution is 2.06. The number of nitrogens with one attached hydrogen (secondary N) is 1. The first-order chi connectivity index (χ1) is 17.8. The molecule has 1 amide bonds. The number of carbonyl (C=O) groups is 2. The van der Waals surface area contributed by atoms with Gasteiger partial charge in [-0.2, -0.15) is 0 Å². The van der Waals surface area contributed by atoms with Crippen LogP contribution in [0.2, 0.25) is 0 Å². The fraction of sp³-hybridized carbons (Fsp3) is 0.917. The summed E-state index contributed by atoms with van der Waals surface area (Å²) in [5, 5.41) is 11.1. The van der Waals surface area contributed by atoms with E-state index in [2.05, 4.69) is 5.32 Å². The molecule has 0 saturated heterocycles. The molecule has 0 bridgehead atoms. The molecule has 13 heteroatoms. The van der Waals surface area contributed by atoms with Crippen molar-refractivity contribution >= 4 is 12.1 Å². The Balaban J connectivity index is 3.11. The van der Waals surface area contributed by atoms with Crippen LogP contribution >= 0.6 is 0 Å². The van der Waals surface area contributed by atoms with Gasteiger partial charge in [0.25, 0.3) is 0 Å². The van der Waals surface area contributed by atoms with E-state index in [4.69, 9.17) is 47.7 Å². The molecule has 220 valence electrons. The van der Waals surface area contributed by atoms with Crippen molar-refractivity contribution in [3.8, 4) is 0 Å². The summed E-state index contributed by atoms with van der Waals surface area (Å²) in [5.41, 5.74) is -0.513. The Kier molecular flexibility index (Phi) is 24.9. The summed E-state index contributed by atoms with van der Waals surface area (Å²) < 4.78 is 47.9. The Bertz CT molecular complexity index is 530. The minimum Gasteiger partial charge on any atom is -0.481 e. The van der Waals surface area contributed by atoms with Crippen LogP contribution in [0.4, 0.5) is 4.79 Å². The lowest BCUT2D eigenvalue weighted by molar-refractivity contribution is -0.138. The number of carboxylic acid groups (broad SMARTS) is 1. The van der Waals surface area contributed by atoms with E-state index in [1.807, 2.05) is 20.8 Å². The zero-order valence-corrected chi connectivity index (χ0v) is 22.7. The van der Waals surface area contributed by atoms with Crippen molar-refractivity contribution < 1.29 is 57.3 Å². The molecule has 0 aliphatic rings. The van der Waals surface area contributed by atoms with Gasteiger partial charge in [0.15, 0.2) is 0 Å². The first-order valence-electron chi connectivity index (χ1n) is 12.6. The van der Waals surface area contributed by atoms with E-state index in [9.17, 15) is 9.59 Å². The minimum atomic E-state index is -0.876. The summed E-state index contributed by atoms with van der Waals surface area (Å²) in [6.45, 7) is 12.7. The highest BCUT2D eigenvalue weighted by atomic mass is 16.6. The standard InChI is InChI=1S/C24H47NO12/c1-24(2,3)37-23(28)25-5-7-30-9-11-32-13-15-34-17-19-36-21-20-35-18-16-33-14-12-31-10-8-29-6-4-22(26)27/h4-21H2,1-3H3,(H,25,28)(H,26,27). The maximum Gasteiger partial charge on any atom is 0.407 e. The summed E-state index contributed by atoms with van der Waals surface area (Å²) in [4.78, 5) is 21.7. The minimum absolute atomic E-state index is 0.00399. The number of hydrogen-bond acceptors (Lipinski definition) is 11. The van der Waals surface area contributed by atoms with E-state index >= 15 is 0 Å². The zero-order valence-electron chi connectivity index (χ0n) is 22.7. The fourth-order valence-corrected chi connectivity index (χ4v) is 2.34. The number of alkyl carbamates (subject to hydrolysis) is 1. The Morgan fingerprint density at radius 2 is 0.838 bits per heavy atom. The van der Waals surface area contributed by atoms with Gasteiger partial charge in [-0.05, 0) is 20.8 Å². The number of hydrogen-bond donors (Lipinski definition) is 2. The molecule has 0 aromatic rings. The lowest BCUT2D eigenvalue weighted by Crippen LogP contribution is -2.34. The number of carbonyl (C=O) groups excluding carboxylic acids is 1. The molecule has 0 aromatic heterocycles. The van der Waals surface area contributed by atoms with Gasteiger partial charge in [0.2, 0.25) is 0 Å². The molecule has 13 nitrogen and oxygen atoms in total. The first kappa shape index (κ1) is 35.4. The van der Waals surface area contributed by atoms with Gasteiger partial charge in [0, 0.05) is 6.54 Å². The molecule has 0 saturated carbocycles. The van der Waals surface area contributed by atoms with Crippen molar-refractivity contribution in [3.63, 3.8) is 0 Å². The SMILES string of the molecule is CC(C)(C)OC(=O)NCCOCCOCCOCCOCCOCCOCCOCCOCCC(=O)O. The van der Waals surface area contributed by atoms with Gasteiger partial charge < -0.3 is 53.1 Å². The van der Waals surface area contributed by atoms with Crippen LogP contribution in [0.15, 0.2) is 0 Å². The van der Waals surface area contributed by atoms with Crippen LogP contribution in [0.25, 0.3) is 0 Å². The predicted octanol–water partition coefficient (Wildman–Crippen LogP) is 1.12. The van der Waals surface area contributed by atoms with Gasteiger partial charge in [0.05, 0.1) is 112 Å². The maximum absolute atomic E-state index is 11.4. The molecule has 37 heavy (non-hydrogen) atoms. The van der Waals surface area contributed by atoms with E-state index in [0.717, 1.165) is 0 Å². The predicted molar refractivity (Wildman–Crippen MR) is 133 cm³/mol. The smallest absolute Gasteiger partial charge is 0.407 e. The van der Waals surface area contributed by atoms with E-state index in [1.54, 1.807) is 0 Å². The second kappa shape index (κ2) is 26.0. The number of carboxylic acids is 1. The Hall–Kier alpha value is -1.58. The van der Waals surface area contributed by atoms with Crippen molar-refractivity contribution in [2.75, 3.05) is 112 Å². The van der Waals surface area contributed by atoms with E-state index < -0.39 is 17.7 Å². The van der Waals surface area contributed by atoms with Crippen LogP contribution in [-0.4, -0.2) is 135 Å². The molecule has 0 fully saturated rings. The maximum atomic E-state index is 11.4. The van der Waals surface area contributed by atoms with Gasteiger partial charge in [0.1, 0.15) is 5.60 Å². The number of ether oxygens (including phenoxy) is 9. The quantitative estimate of drug-likeness (QED) is 0.143. The highest BCUT2D eigenvalue weighted by molar-refractivity contribution is 5.67. The first-order valence-corrected chi connectivity index (χ1v) is 12.6. The topological polar surface area (TPSA) is 149 Å². The van der Waals surface area contributed by atoms with Crippen LogP contribution in [0, 0.1) is 0 Å². The van der Waals surface area contributed by atoms with E-state index in [-0.39, 0.29) is 13.0 Å². The normalized spacial score (nSPS) is 11.5. The average molecular weight is 542 g/mol. The van der Waals surface area contributed by atoms with Crippen LogP contribution in [0.5, 0.6) is 0 Å². The molecular formula is C24H47NO12. The highest BCUT2D eigenvalue weighted by Gasteiger charge is 2.15. The zero-order chi connectivity index (χ0) is 27.5. The molecule has 0 radical (unpaired) electrons. The lowest BCUT2D eigenvalue weighted by Gasteiger charge is -2.19. The van der Waals surface area contributed by atoms with Crippen molar-refractivity contribution in [2.24, 2.45) is 0 Å². The molecule has 0 aliphatic heterocycles. The van der Waals surface area contributed by atoms with Crippen LogP contribution in [0.3, 0.4) is 0 Å². The van der Waals surface area contributed by atoms with Crippen LogP contribution in [0.1, 0.15) is 27.2 Å². The third kappa shape index (κ3) is 32.4. The number of aliphatic carboxylic acids is 1. The molecule has 0 unspecified atom stereocenters. The molecule has 0 heterocycles. The van der Waals surface area contributed by atoms with Gasteiger partial charge >= 0.3 is 12.1 Å². The monoisotopic (exact) mass is 541 g/mol. The molecule has 0 aromatic carbocycles. The van der Waals surface area contributed by atoms with Crippen molar-refractivity contribution in [1.82, 2.24) is 5.32 Å². The summed E-state index contributed by atoms with van der Waals surface area (Å²) in [6.07, 6.45) is -0.461. The van der Waals surface area contributed by atoms with Crippen molar-refractivity contribution in [2.45, 2.75) is 32.8 Å². The number of amides is 1. The Labute approximate surface area is 220 Å². The van der Waals surface area contributed by atoms with Crippen molar-refractivity contribution in [1.29, 1.82) is 0 Å². The molecule has 0 atom stereocenters. The molecule has 0 spiro atoms. The fourth-order valence-electron chi connectivity index (χ4n) is 2.34. The van der Waals surface area contributed by atoms with Gasteiger partial charge in [-0.3, -0.25) is 4.79 Å². The average Bonchev–Trinajstić information content (AvgIpc) is 2.82. The summed E-state index contributed by atoms with van der Waals surface area (Å²) in [6, 6.07) is 0.